The van der Waals surface area contributed by atoms with Gasteiger partial charge in [0.05, 0.1) is 12.2 Å². The van der Waals surface area contributed by atoms with Crippen LogP contribution in [0.3, 0.4) is 0 Å². The monoisotopic (exact) mass is 388 g/mol. The van der Waals surface area contributed by atoms with E-state index in [0.29, 0.717) is 13.0 Å². The van der Waals surface area contributed by atoms with Crippen LogP contribution in [0.1, 0.15) is 64.5 Å². The maximum Gasteiger partial charge on any atom is 0.223 e. The molecular formula is C22H36N4O2. The van der Waals surface area contributed by atoms with Gasteiger partial charge in [-0.05, 0) is 57.3 Å². The number of hydrogen-bond acceptors (Lipinski definition) is 4. The lowest BCUT2D eigenvalue weighted by Gasteiger charge is -2.31. The van der Waals surface area contributed by atoms with Crippen molar-refractivity contribution in [1.29, 1.82) is 0 Å². The maximum atomic E-state index is 13.1. The Bertz CT molecular complexity index is 579. The SMILES string of the molecule is CCCN(CCC)C(=O)CCC(=O)N(Cc1ccccn1)C1CCCNCC1. The Kier molecular flexibility index (Phi) is 9.97. The molecule has 1 aliphatic heterocycles. The molecule has 0 saturated carbocycles. The van der Waals surface area contributed by atoms with Gasteiger partial charge in [-0.2, -0.15) is 0 Å². The molecule has 0 spiro atoms. The zero-order chi connectivity index (χ0) is 20.2. The van der Waals surface area contributed by atoms with Gasteiger partial charge in [-0.15, -0.1) is 0 Å². The van der Waals surface area contributed by atoms with E-state index in [1.807, 2.05) is 28.0 Å². The molecule has 1 atom stereocenters. The fraction of sp³-hybridized carbons (Fsp3) is 0.682. The highest BCUT2D eigenvalue weighted by Crippen LogP contribution is 2.18. The average Bonchev–Trinajstić information content (AvgIpc) is 3.00. The number of pyridine rings is 1. The van der Waals surface area contributed by atoms with Gasteiger partial charge in [-0.3, -0.25) is 14.6 Å². The molecule has 0 radical (unpaired) electrons. The Balaban J connectivity index is 2.02. The van der Waals surface area contributed by atoms with Crippen LogP contribution in [-0.4, -0.2) is 58.8 Å². The Morgan fingerprint density at radius 2 is 1.82 bits per heavy atom. The molecule has 156 valence electrons. The first-order valence-electron chi connectivity index (χ1n) is 10.8. The summed E-state index contributed by atoms with van der Waals surface area (Å²) in [5, 5.41) is 3.41. The summed E-state index contributed by atoms with van der Waals surface area (Å²) in [6.07, 6.45) is 7.24. The second-order valence-electron chi connectivity index (χ2n) is 7.56. The molecule has 28 heavy (non-hydrogen) atoms. The molecular weight excluding hydrogens is 352 g/mol. The van der Waals surface area contributed by atoms with Gasteiger partial charge in [0, 0.05) is 38.2 Å². The fourth-order valence-electron chi connectivity index (χ4n) is 3.82. The third kappa shape index (κ3) is 7.23. The molecule has 1 fully saturated rings. The molecule has 0 aliphatic carbocycles. The average molecular weight is 389 g/mol. The minimum Gasteiger partial charge on any atom is -0.343 e. The first-order valence-corrected chi connectivity index (χ1v) is 10.8. The molecule has 1 saturated heterocycles. The second kappa shape index (κ2) is 12.5. The molecule has 6 nitrogen and oxygen atoms in total. The Morgan fingerprint density at radius 1 is 1.07 bits per heavy atom. The lowest BCUT2D eigenvalue weighted by Crippen LogP contribution is -2.41. The molecule has 6 heteroatoms. The van der Waals surface area contributed by atoms with Crippen LogP contribution in [0, 0.1) is 0 Å². The molecule has 1 aliphatic rings. The lowest BCUT2D eigenvalue weighted by atomic mass is 10.1. The Morgan fingerprint density at radius 3 is 2.50 bits per heavy atom. The topological polar surface area (TPSA) is 65.5 Å². The van der Waals surface area contributed by atoms with Crippen LogP contribution in [0.2, 0.25) is 0 Å². The Hall–Kier alpha value is -1.95. The van der Waals surface area contributed by atoms with Crippen LogP contribution in [0.25, 0.3) is 0 Å². The summed E-state index contributed by atoms with van der Waals surface area (Å²) in [5.74, 6) is 0.163. The van der Waals surface area contributed by atoms with Gasteiger partial charge in [0.2, 0.25) is 11.8 Å². The van der Waals surface area contributed by atoms with Gasteiger partial charge in [0.25, 0.3) is 0 Å². The number of hydrogen-bond donors (Lipinski definition) is 1. The van der Waals surface area contributed by atoms with Gasteiger partial charge in [-0.25, -0.2) is 0 Å². The molecule has 1 aromatic heterocycles. The molecule has 1 aromatic rings. The van der Waals surface area contributed by atoms with Crippen LogP contribution >= 0.6 is 0 Å². The summed E-state index contributed by atoms with van der Waals surface area (Å²) in [4.78, 5) is 33.9. The predicted octanol–water partition coefficient (Wildman–Crippen LogP) is 2.98. The van der Waals surface area contributed by atoms with Crippen LogP contribution in [0.5, 0.6) is 0 Å². The van der Waals surface area contributed by atoms with Crippen molar-refractivity contribution < 1.29 is 9.59 Å². The lowest BCUT2D eigenvalue weighted by molar-refractivity contribution is -0.139. The normalized spacial score (nSPS) is 17.0. The van der Waals surface area contributed by atoms with Crippen molar-refractivity contribution in [3.05, 3.63) is 30.1 Å². The molecule has 0 bridgehead atoms. The molecule has 2 rings (SSSR count). The zero-order valence-electron chi connectivity index (χ0n) is 17.5. The van der Waals surface area contributed by atoms with Gasteiger partial charge in [0.1, 0.15) is 0 Å². The largest absolute Gasteiger partial charge is 0.343 e. The first-order chi connectivity index (χ1) is 13.7. The zero-order valence-corrected chi connectivity index (χ0v) is 17.5. The number of amides is 2. The van der Waals surface area contributed by atoms with Crippen LogP contribution in [0.4, 0.5) is 0 Å². The number of rotatable bonds is 10. The number of carbonyl (C=O) groups is 2. The summed E-state index contributed by atoms with van der Waals surface area (Å²) in [6.45, 7) is 8.15. The van der Waals surface area contributed by atoms with E-state index in [1.54, 1.807) is 6.20 Å². The van der Waals surface area contributed by atoms with Crippen molar-refractivity contribution in [1.82, 2.24) is 20.1 Å². The van der Waals surface area contributed by atoms with E-state index >= 15 is 0 Å². The highest BCUT2D eigenvalue weighted by atomic mass is 16.2. The summed E-state index contributed by atoms with van der Waals surface area (Å²) < 4.78 is 0. The number of carbonyl (C=O) groups excluding carboxylic acids is 2. The van der Waals surface area contributed by atoms with Crippen molar-refractivity contribution in [3.8, 4) is 0 Å². The van der Waals surface area contributed by atoms with Crippen LogP contribution < -0.4 is 5.32 Å². The van der Waals surface area contributed by atoms with Crippen molar-refractivity contribution in [2.75, 3.05) is 26.2 Å². The van der Waals surface area contributed by atoms with Crippen molar-refractivity contribution in [2.45, 2.75) is 71.4 Å². The highest BCUT2D eigenvalue weighted by molar-refractivity contribution is 5.84. The molecule has 2 heterocycles. The van der Waals surface area contributed by atoms with Crippen molar-refractivity contribution >= 4 is 11.8 Å². The smallest absolute Gasteiger partial charge is 0.223 e. The molecule has 1 unspecified atom stereocenters. The molecule has 0 aromatic carbocycles. The van der Waals surface area contributed by atoms with Crippen LogP contribution in [0.15, 0.2) is 24.4 Å². The quantitative estimate of drug-likeness (QED) is 0.669. The Labute approximate surface area is 169 Å². The third-order valence-corrected chi connectivity index (χ3v) is 5.26. The minimum absolute atomic E-state index is 0.0684. The van der Waals surface area contributed by atoms with Crippen LogP contribution in [-0.2, 0) is 16.1 Å². The summed E-state index contributed by atoms with van der Waals surface area (Å²) >= 11 is 0. The third-order valence-electron chi connectivity index (χ3n) is 5.26. The fourth-order valence-corrected chi connectivity index (χ4v) is 3.82. The van der Waals surface area contributed by atoms with E-state index < -0.39 is 0 Å². The van der Waals surface area contributed by atoms with E-state index in [-0.39, 0.29) is 24.3 Å². The van der Waals surface area contributed by atoms with E-state index in [2.05, 4.69) is 24.1 Å². The summed E-state index contributed by atoms with van der Waals surface area (Å²) in [6, 6.07) is 6.02. The van der Waals surface area contributed by atoms with Gasteiger partial charge in [0.15, 0.2) is 0 Å². The highest BCUT2D eigenvalue weighted by Gasteiger charge is 2.26. The van der Waals surface area contributed by atoms with E-state index in [0.717, 1.165) is 64.0 Å². The summed E-state index contributed by atoms with van der Waals surface area (Å²) in [7, 11) is 0. The predicted molar refractivity (Wildman–Crippen MR) is 112 cm³/mol. The standard InChI is InChI=1S/C22H36N4O2/c1-3-16-25(17-4-2)21(27)10-11-22(28)26(18-19-8-5-6-14-24-19)20-9-7-13-23-15-12-20/h5-6,8,14,20,23H,3-4,7,9-13,15-18H2,1-2H3. The summed E-state index contributed by atoms with van der Waals surface area (Å²) in [5.41, 5.74) is 0.901. The number of nitrogens with zero attached hydrogens (tertiary/aromatic N) is 3. The van der Waals surface area contributed by atoms with E-state index in [9.17, 15) is 9.59 Å². The first kappa shape index (κ1) is 22.3. The minimum atomic E-state index is 0.0684. The van der Waals surface area contributed by atoms with E-state index in [1.165, 1.54) is 0 Å². The number of aromatic nitrogens is 1. The molecule has 1 N–H and O–H groups in total. The molecule has 2 amide bonds. The van der Waals surface area contributed by atoms with Gasteiger partial charge < -0.3 is 15.1 Å². The van der Waals surface area contributed by atoms with Gasteiger partial charge >= 0.3 is 0 Å². The van der Waals surface area contributed by atoms with E-state index in [4.69, 9.17) is 0 Å². The van der Waals surface area contributed by atoms with Gasteiger partial charge in [-0.1, -0.05) is 19.9 Å². The maximum absolute atomic E-state index is 13.1. The van der Waals surface area contributed by atoms with Crippen molar-refractivity contribution in [3.63, 3.8) is 0 Å². The second-order valence-corrected chi connectivity index (χ2v) is 7.56. The van der Waals surface area contributed by atoms with Crippen molar-refractivity contribution in [2.24, 2.45) is 0 Å². The number of nitrogens with one attached hydrogen (secondary N) is 1.